The van der Waals surface area contributed by atoms with Crippen LogP contribution in [0.2, 0.25) is 0 Å². The van der Waals surface area contributed by atoms with Crippen molar-refractivity contribution < 1.29 is 4.39 Å². The van der Waals surface area contributed by atoms with Crippen LogP contribution in [0.1, 0.15) is 51.1 Å². The molecule has 1 heterocycles. The van der Waals surface area contributed by atoms with Crippen molar-refractivity contribution in [2.45, 2.75) is 51.1 Å². The van der Waals surface area contributed by atoms with Crippen LogP contribution in [0.3, 0.4) is 0 Å². The molecule has 1 atom stereocenters. The van der Waals surface area contributed by atoms with Gasteiger partial charge in [0, 0.05) is 15.6 Å². The molecule has 3 N–H and O–H groups in total. The summed E-state index contributed by atoms with van der Waals surface area (Å²) in [7, 11) is 0. The molecule has 5 heteroatoms. The lowest BCUT2D eigenvalue weighted by atomic mass is 9.79. The first kappa shape index (κ1) is 16.9. The second-order valence-electron chi connectivity index (χ2n) is 5.77. The van der Waals surface area contributed by atoms with Crippen LogP contribution in [0, 0.1) is 5.82 Å². The molecule has 21 heavy (non-hydrogen) atoms. The van der Waals surface area contributed by atoms with Crippen molar-refractivity contribution in [1.29, 1.82) is 0 Å². The van der Waals surface area contributed by atoms with Gasteiger partial charge in [-0.3, -0.25) is 16.2 Å². The Kier molecular flexibility index (Phi) is 5.77. The number of nitrogens with two attached hydrogens (primary N) is 1. The molecule has 1 aromatic rings. The highest BCUT2D eigenvalue weighted by atomic mass is 79.9. The smallest absolute Gasteiger partial charge is 0.128 e. The second kappa shape index (κ2) is 7.18. The third-order valence-corrected chi connectivity index (χ3v) is 5.43. The van der Waals surface area contributed by atoms with E-state index in [-0.39, 0.29) is 17.4 Å². The third-order valence-electron chi connectivity index (χ3n) is 4.93. The van der Waals surface area contributed by atoms with E-state index < -0.39 is 0 Å². The molecule has 0 bridgehead atoms. The molecule has 1 aliphatic heterocycles. The number of hydrogen-bond donors (Lipinski definition) is 2. The lowest BCUT2D eigenvalue weighted by Crippen LogP contribution is -2.56. The van der Waals surface area contributed by atoms with Crippen molar-refractivity contribution in [2.24, 2.45) is 5.84 Å². The van der Waals surface area contributed by atoms with Gasteiger partial charge in [0.2, 0.25) is 0 Å². The standard InChI is InChI=1S/C16H25BrFN3/c1-3-16(4-2,21-9-5-6-10-21)15(20-19)13-11-12(17)7-8-14(13)18/h7-8,11,15,20H,3-6,9-10,19H2,1-2H3. The number of nitrogens with one attached hydrogen (secondary N) is 1. The van der Waals surface area contributed by atoms with Crippen molar-refractivity contribution in [2.75, 3.05) is 13.1 Å². The molecule has 0 radical (unpaired) electrons. The summed E-state index contributed by atoms with van der Waals surface area (Å²) in [5.74, 6) is 5.67. The molecule has 0 saturated carbocycles. The fourth-order valence-electron chi connectivity index (χ4n) is 3.72. The van der Waals surface area contributed by atoms with Gasteiger partial charge < -0.3 is 0 Å². The van der Waals surface area contributed by atoms with E-state index in [1.54, 1.807) is 6.07 Å². The van der Waals surface area contributed by atoms with Crippen LogP contribution in [0.15, 0.2) is 22.7 Å². The topological polar surface area (TPSA) is 41.3 Å². The predicted molar refractivity (Wildman–Crippen MR) is 88.3 cm³/mol. The lowest BCUT2D eigenvalue weighted by Gasteiger charge is -2.46. The van der Waals surface area contributed by atoms with Gasteiger partial charge in [0.15, 0.2) is 0 Å². The van der Waals surface area contributed by atoms with Gasteiger partial charge in [-0.15, -0.1) is 0 Å². The predicted octanol–water partition coefficient (Wildman–Crippen LogP) is 3.75. The summed E-state index contributed by atoms with van der Waals surface area (Å²) in [6, 6.07) is 4.85. The van der Waals surface area contributed by atoms with Gasteiger partial charge in [0.05, 0.1) is 6.04 Å². The maximum Gasteiger partial charge on any atom is 0.128 e. The zero-order chi connectivity index (χ0) is 15.5. The van der Waals surface area contributed by atoms with Crippen LogP contribution in [0.25, 0.3) is 0 Å². The molecule has 0 aromatic heterocycles. The van der Waals surface area contributed by atoms with Gasteiger partial charge in [0.25, 0.3) is 0 Å². The average molecular weight is 358 g/mol. The van der Waals surface area contributed by atoms with E-state index in [1.807, 2.05) is 6.07 Å². The summed E-state index contributed by atoms with van der Waals surface area (Å²) >= 11 is 3.44. The van der Waals surface area contributed by atoms with Gasteiger partial charge in [-0.25, -0.2) is 4.39 Å². The van der Waals surface area contributed by atoms with Gasteiger partial charge in [0.1, 0.15) is 5.82 Å². The number of nitrogens with zero attached hydrogens (tertiary/aromatic N) is 1. The Balaban J connectivity index is 2.46. The molecule has 3 nitrogen and oxygen atoms in total. The first-order valence-electron chi connectivity index (χ1n) is 7.75. The fourth-order valence-corrected chi connectivity index (χ4v) is 4.10. The largest absolute Gasteiger partial charge is 0.296 e. The van der Waals surface area contributed by atoms with Crippen molar-refractivity contribution >= 4 is 15.9 Å². The summed E-state index contributed by atoms with van der Waals surface area (Å²) in [6.07, 6.45) is 4.29. The zero-order valence-corrected chi connectivity index (χ0v) is 14.4. The normalized spacial score (nSPS) is 18.1. The first-order chi connectivity index (χ1) is 10.1. The third kappa shape index (κ3) is 3.16. The van der Waals surface area contributed by atoms with Crippen LogP contribution in [-0.2, 0) is 0 Å². The SMILES string of the molecule is CCC(CC)(C(NN)c1cc(Br)ccc1F)N1CCCC1. The molecule has 0 spiro atoms. The van der Waals surface area contributed by atoms with E-state index in [0.29, 0.717) is 5.56 Å². The number of halogens is 2. The number of hydrogen-bond acceptors (Lipinski definition) is 3. The van der Waals surface area contributed by atoms with Crippen LogP contribution >= 0.6 is 15.9 Å². The van der Waals surface area contributed by atoms with E-state index in [2.05, 4.69) is 40.1 Å². The maximum absolute atomic E-state index is 14.4. The maximum atomic E-state index is 14.4. The van der Waals surface area contributed by atoms with E-state index in [9.17, 15) is 4.39 Å². The van der Waals surface area contributed by atoms with E-state index >= 15 is 0 Å². The van der Waals surface area contributed by atoms with Crippen molar-refractivity contribution in [3.8, 4) is 0 Å². The highest BCUT2D eigenvalue weighted by Gasteiger charge is 2.43. The van der Waals surface area contributed by atoms with Crippen LogP contribution in [0.5, 0.6) is 0 Å². The molecular formula is C16H25BrFN3. The molecular weight excluding hydrogens is 333 g/mol. The number of hydrazine groups is 1. The molecule has 1 saturated heterocycles. The minimum atomic E-state index is -0.219. The molecule has 1 aliphatic rings. The van der Waals surface area contributed by atoms with E-state index in [4.69, 9.17) is 5.84 Å². The summed E-state index contributed by atoms with van der Waals surface area (Å²) in [6.45, 7) is 6.47. The Labute approximate surface area is 135 Å². The Morgan fingerprint density at radius 3 is 2.48 bits per heavy atom. The second-order valence-corrected chi connectivity index (χ2v) is 6.69. The number of benzene rings is 1. The molecule has 1 aromatic carbocycles. The van der Waals surface area contributed by atoms with Crippen LogP contribution < -0.4 is 11.3 Å². The average Bonchev–Trinajstić information content (AvgIpc) is 3.02. The van der Waals surface area contributed by atoms with Gasteiger partial charge >= 0.3 is 0 Å². The van der Waals surface area contributed by atoms with Crippen molar-refractivity contribution in [1.82, 2.24) is 10.3 Å². The van der Waals surface area contributed by atoms with Crippen LogP contribution in [0.4, 0.5) is 4.39 Å². The Morgan fingerprint density at radius 2 is 1.95 bits per heavy atom. The van der Waals surface area contributed by atoms with Crippen LogP contribution in [-0.4, -0.2) is 23.5 Å². The summed E-state index contributed by atoms with van der Waals surface area (Å²) in [4.78, 5) is 2.48. The fraction of sp³-hybridized carbons (Fsp3) is 0.625. The molecule has 1 fully saturated rings. The summed E-state index contributed by atoms with van der Waals surface area (Å²) < 4.78 is 15.2. The van der Waals surface area contributed by atoms with Gasteiger partial charge in [-0.1, -0.05) is 29.8 Å². The highest BCUT2D eigenvalue weighted by Crippen LogP contribution is 2.40. The summed E-state index contributed by atoms with van der Waals surface area (Å²) in [5.41, 5.74) is 3.40. The first-order valence-corrected chi connectivity index (χ1v) is 8.54. The summed E-state index contributed by atoms with van der Waals surface area (Å²) in [5, 5.41) is 0. The number of rotatable bonds is 6. The molecule has 2 rings (SSSR count). The van der Waals surface area contributed by atoms with E-state index in [0.717, 1.165) is 30.4 Å². The Morgan fingerprint density at radius 1 is 1.33 bits per heavy atom. The zero-order valence-electron chi connectivity index (χ0n) is 12.8. The Bertz CT molecular complexity index is 471. The molecule has 0 amide bonds. The molecule has 1 unspecified atom stereocenters. The number of likely N-dealkylation sites (tertiary alicyclic amines) is 1. The quantitative estimate of drug-likeness (QED) is 0.601. The molecule has 0 aliphatic carbocycles. The van der Waals surface area contributed by atoms with E-state index in [1.165, 1.54) is 18.9 Å². The van der Waals surface area contributed by atoms with Gasteiger partial charge in [-0.2, -0.15) is 0 Å². The van der Waals surface area contributed by atoms with Crippen molar-refractivity contribution in [3.05, 3.63) is 34.1 Å². The monoisotopic (exact) mass is 357 g/mol. The Hall–Kier alpha value is -0.490. The lowest BCUT2D eigenvalue weighted by molar-refractivity contribution is 0.0602. The van der Waals surface area contributed by atoms with Gasteiger partial charge in [-0.05, 0) is 57.0 Å². The molecule has 118 valence electrons. The van der Waals surface area contributed by atoms with Crippen molar-refractivity contribution in [3.63, 3.8) is 0 Å². The highest BCUT2D eigenvalue weighted by molar-refractivity contribution is 9.10. The minimum Gasteiger partial charge on any atom is -0.296 e. The minimum absolute atomic E-state index is 0.146.